The number of sulfonamides is 1. The molecule has 0 saturated carbocycles. The second kappa shape index (κ2) is 8.41. The molecule has 1 heterocycles. The van der Waals surface area contributed by atoms with Crippen LogP contribution in [0, 0.1) is 0 Å². The molecule has 144 valence electrons. The third-order valence-corrected chi connectivity index (χ3v) is 6.30. The lowest BCUT2D eigenvalue weighted by Crippen LogP contribution is -2.27. The van der Waals surface area contributed by atoms with Crippen molar-refractivity contribution in [1.82, 2.24) is 4.31 Å². The summed E-state index contributed by atoms with van der Waals surface area (Å²) in [6, 6.07) is 13.6. The molecule has 1 fully saturated rings. The van der Waals surface area contributed by atoms with Crippen LogP contribution in [-0.4, -0.2) is 45.4 Å². The van der Waals surface area contributed by atoms with Crippen molar-refractivity contribution in [2.24, 2.45) is 0 Å². The van der Waals surface area contributed by atoms with Crippen LogP contribution in [0.1, 0.15) is 12.8 Å². The van der Waals surface area contributed by atoms with E-state index < -0.39 is 10.0 Å². The van der Waals surface area contributed by atoms with Crippen molar-refractivity contribution in [3.8, 4) is 5.75 Å². The van der Waals surface area contributed by atoms with Gasteiger partial charge >= 0.3 is 0 Å². The zero-order valence-corrected chi connectivity index (χ0v) is 16.0. The van der Waals surface area contributed by atoms with E-state index in [9.17, 15) is 13.2 Å². The summed E-state index contributed by atoms with van der Waals surface area (Å²) >= 11 is 0. The van der Waals surface area contributed by atoms with Gasteiger partial charge in [-0.2, -0.15) is 4.31 Å². The van der Waals surface area contributed by atoms with E-state index in [1.807, 2.05) is 12.1 Å². The molecule has 1 saturated heterocycles. The summed E-state index contributed by atoms with van der Waals surface area (Å²) in [7, 11) is -1.88. The molecule has 2 aromatic carbocycles. The Morgan fingerprint density at radius 2 is 1.74 bits per heavy atom. The quantitative estimate of drug-likeness (QED) is 0.760. The lowest BCUT2D eigenvalue weighted by atomic mass is 10.3. The molecule has 0 spiro atoms. The molecule has 1 amide bonds. The monoisotopic (exact) mass is 389 g/mol. The maximum atomic E-state index is 12.5. The van der Waals surface area contributed by atoms with Crippen LogP contribution in [0.4, 0.5) is 11.4 Å². The molecule has 2 aromatic rings. The Balaban J connectivity index is 1.58. The van der Waals surface area contributed by atoms with Crippen molar-refractivity contribution in [3.63, 3.8) is 0 Å². The first kappa shape index (κ1) is 19.2. The summed E-state index contributed by atoms with van der Waals surface area (Å²) in [4.78, 5) is 12.4. The number of amides is 1. The summed E-state index contributed by atoms with van der Waals surface area (Å²) in [5, 5.41) is 5.76. The number of hydrogen-bond donors (Lipinski definition) is 2. The van der Waals surface area contributed by atoms with Gasteiger partial charge in [0.2, 0.25) is 15.9 Å². The molecule has 0 unspecified atom stereocenters. The van der Waals surface area contributed by atoms with E-state index in [0.29, 0.717) is 30.2 Å². The number of para-hydroxylation sites is 2. The maximum Gasteiger partial charge on any atom is 0.243 e. The standard InChI is InChI=1S/C19H23N3O4S/c1-26-18-7-3-2-6-17(18)21-19(23)14-20-15-8-10-16(11-9-15)27(24,25)22-12-4-5-13-22/h2-3,6-11,20H,4-5,12-14H2,1H3,(H,21,23). The Labute approximate surface area is 159 Å². The maximum absolute atomic E-state index is 12.5. The number of nitrogens with one attached hydrogen (secondary N) is 2. The lowest BCUT2D eigenvalue weighted by Gasteiger charge is -2.16. The van der Waals surface area contributed by atoms with Gasteiger partial charge in [0.05, 0.1) is 24.2 Å². The average molecular weight is 389 g/mol. The first-order valence-corrected chi connectivity index (χ1v) is 10.2. The Hall–Kier alpha value is -2.58. The van der Waals surface area contributed by atoms with Crippen molar-refractivity contribution in [2.45, 2.75) is 17.7 Å². The fourth-order valence-electron chi connectivity index (χ4n) is 2.95. The number of anilines is 2. The Morgan fingerprint density at radius 1 is 1.07 bits per heavy atom. The highest BCUT2D eigenvalue weighted by molar-refractivity contribution is 7.89. The van der Waals surface area contributed by atoms with Gasteiger partial charge in [-0.3, -0.25) is 4.79 Å². The van der Waals surface area contributed by atoms with Crippen molar-refractivity contribution in [2.75, 3.05) is 37.4 Å². The van der Waals surface area contributed by atoms with E-state index in [1.165, 1.54) is 4.31 Å². The van der Waals surface area contributed by atoms with Gasteiger partial charge < -0.3 is 15.4 Å². The summed E-state index contributed by atoms with van der Waals surface area (Å²) in [6.45, 7) is 1.20. The van der Waals surface area contributed by atoms with Gasteiger partial charge in [0, 0.05) is 18.8 Å². The van der Waals surface area contributed by atoms with Crippen LogP contribution in [-0.2, 0) is 14.8 Å². The average Bonchev–Trinajstić information content (AvgIpc) is 3.23. The van der Waals surface area contributed by atoms with Crippen LogP contribution in [0.3, 0.4) is 0 Å². The molecule has 2 N–H and O–H groups in total. The largest absolute Gasteiger partial charge is 0.495 e. The first-order chi connectivity index (χ1) is 13.0. The fraction of sp³-hybridized carbons (Fsp3) is 0.316. The van der Waals surface area contributed by atoms with Crippen LogP contribution in [0.15, 0.2) is 53.4 Å². The van der Waals surface area contributed by atoms with Gasteiger partial charge in [-0.1, -0.05) is 12.1 Å². The first-order valence-electron chi connectivity index (χ1n) is 8.77. The van der Waals surface area contributed by atoms with Crippen molar-refractivity contribution < 1.29 is 17.9 Å². The zero-order valence-electron chi connectivity index (χ0n) is 15.1. The molecular formula is C19H23N3O4S. The van der Waals surface area contributed by atoms with Crippen LogP contribution in [0.25, 0.3) is 0 Å². The molecule has 3 rings (SSSR count). The molecule has 1 aliphatic heterocycles. The number of rotatable bonds is 7. The van der Waals surface area contributed by atoms with E-state index >= 15 is 0 Å². The predicted molar refractivity (Wildman–Crippen MR) is 105 cm³/mol. The molecule has 0 aromatic heterocycles. The van der Waals surface area contributed by atoms with E-state index in [2.05, 4.69) is 10.6 Å². The van der Waals surface area contributed by atoms with Crippen LogP contribution >= 0.6 is 0 Å². The van der Waals surface area contributed by atoms with Gasteiger partial charge in [0.1, 0.15) is 5.75 Å². The molecule has 1 aliphatic rings. The molecule has 8 heteroatoms. The second-order valence-corrected chi connectivity index (χ2v) is 8.18. The number of nitrogens with zero attached hydrogens (tertiary/aromatic N) is 1. The van der Waals surface area contributed by atoms with Crippen molar-refractivity contribution in [1.29, 1.82) is 0 Å². The van der Waals surface area contributed by atoms with Gasteiger partial charge in [-0.15, -0.1) is 0 Å². The van der Waals surface area contributed by atoms with Crippen LogP contribution in [0.2, 0.25) is 0 Å². The van der Waals surface area contributed by atoms with E-state index in [4.69, 9.17) is 4.74 Å². The number of carbonyl (C=O) groups excluding carboxylic acids is 1. The highest BCUT2D eigenvalue weighted by Gasteiger charge is 2.26. The highest BCUT2D eigenvalue weighted by atomic mass is 32.2. The minimum Gasteiger partial charge on any atom is -0.495 e. The SMILES string of the molecule is COc1ccccc1NC(=O)CNc1ccc(S(=O)(=O)N2CCCC2)cc1. The summed E-state index contributed by atoms with van der Waals surface area (Å²) in [6.07, 6.45) is 1.81. The minimum absolute atomic E-state index is 0.0519. The van der Waals surface area contributed by atoms with Gasteiger partial charge in [0.15, 0.2) is 0 Å². The minimum atomic E-state index is -3.42. The number of methoxy groups -OCH3 is 1. The smallest absolute Gasteiger partial charge is 0.243 e. The number of benzene rings is 2. The molecule has 27 heavy (non-hydrogen) atoms. The molecule has 0 atom stereocenters. The predicted octanol–water partition coefficient (Wildman–Crippen LogP) is 2.53. The Kier molecular flexibility index (Phi) is 5.98. The number of hydrogen-bond acceptors (Lipinski definition) is 5. The van der Waals surface area contributed by atoms with Crippen molar-refractivity contribution in [3.05, 3.63) is 48.5 Å². The Morgan fingerprint density at radius 3 is 2.41 bits per heavy atom. The zero-order chi connectivity index (χ0) is 19.3. The van der Waals surface area contributed by atoms with Gasteiger partial charge in [0.25, 0.3) is 0 Å². The molecular weight excluding hydrogens is 366 g/mol. The molecule has 0 bridgehead atoms. The Bertz CT molecular complexity index is 891. The fourth-order valence-corrected chi connectivity index (χ4v) is 4.46. The number of ether oxygens (including phenoxy) is 1. The van der Waals surface area contributed by atoms with Gasteiger partial charge in [-0.25, -0.2) is 8.42 Å². The summed E-state index contributed by atoms with van der Waals surface area (Å²) in [5.41, 5.74) is 1.27. The second-order valence-electron chi connectivity index (χ2n) is 6.24. The van der Waals surface area contributed by atoms with E-state index in [1.54, 1.807) is 43.5 Å². The summed E-state index contributed by atoms with van der Waals surface area (Å²) in [5.74, 6) is 0.357. The van der Waals surface area contributed by atoms with Crippen molar-refractivity contribution >= 4 is 27.3 Å². The molecule has 0 radical (unpaired) electrons. The highest BCUT2D eigenvalue weighted by Crippen LogP contribution is 2.23. The number of carbonyl (C=O) groups is 1. The van der Waals surface area contributed by atoms with Crippen LogP contribution in [0.5, 0.6) is 5.75 Å². The molecule has 0 aliphatic carbocycles. The van der Waals surface area contributed by atoms with E-state index in [-0.39, 0.29) is 17.3 Å². The summed E-state index contributed by atoms with van der Waals surface area (Å²) < 4.78 is 31.7. The van der Waals surface area contributed by atoms with E-state index in [0.717, 1.165) is 12.8 Å². The third kappa shape index (κ3) is 4.58. The van der Waals surface area contributed by atoms with Gasteiger partial charge in [-0.05, 0) is 49.2 Å². The normalized spacial score (nSPS) is 14.7. The third-order valence-electron chi connectivity index (χ3n) is 4.39. The van der Waals surface area contributed by atoms with Crippen LogP contribution < -0.4 is 15.4 Å². The topological polar surface area (TPSA) is 87.7 Å². The lowest BCUT2D eigenvalue weighted by molar-refractivity contribution is -0.114. The molecule has 7 nitrogen and oxygen atoms in total.